The number of ether oxygens (including phenoxy) is 1. The fourth-order valence-electron chi connectivity index (χ4n) is 1.23. The monoisotopic (exact) mass is 246 g/mol. The van der Waals surface area contributed by atoms with Crippen LogP contribution in [0.2, 0.25) is 0 Å². The molecule has 0 aliphatic heterocycles. The second kappa shape index (κ2) is 5.23. The van der Waals surface area contributed by atoms with E-state index in [0.717, 1.165) is 5.56 Å². The molecule has 0 aliphatic rings. The van der Waals surface area contributed by atoms with Gasteiger partial charge < -0.3 is 9.84 Å². The van der Waals surface area contributed by atoms with E-state index in [0.29, 0.717) is 0 Å². The maximum Gasteiger partial charge on any atom is 0.418 e. The average molecular weight is 246 g/mol. The minimum Gasteiger partial charge on any atom is -0.488 e. The summed E-state index contributed by atoms with van der Waals surface area (Å²) in [6, 6.07) is 6.37. The highest BCUT2D eigenvalue weighted by molar-refractivity contribution is 5.48. The highest BCUT2D eigenvalue weighted by Gasteiger charge is 2.43. The summed E-state index contributed by atoms with van der Waals surface area (Å²) in [7, 11) is 0. The summed E-state index contributed by atoms with van der Waals surface area (Å²) in [4.78, 5) is 0. The lowest BCUT2D eigenvalue weighted by molar-refractivity contribution is -0.224. The molecule has 2 nitrogen and oxygen atoms in total. The topological polar surface area (TPSA) is 29.5 Å². The SMILES string of the molecule is C=Cc1ccc(OC(C)C(O)C(F)(F)F)cc1. The number of hydrogen-bond acceptors (Lipinski definition) is 2. The Kier molecular flexibility index (Phi) is 4.17. The van der Waals surface area contributed by atoms with Crippen LogP contribution in [0.15, 0.2) is 30.8 Å². The minimum absolute atomic E-state index is 0.270. The molecule has 2 atom stereocenters. The van der Waals surface area contributed by atoms with E-state index in [4.69, 9.17) is 9.84 Å². The lowest BCUT2D eigenvalue weighted by atomic mass is 10.2. The molecule has 1 rings (SSSR count). The van der Waals surface area contributed by atoms with E-state index >= 15 is 0 Å². The van der Waals surface area contributed by atoms with Crippen molar-refractivity contribution in [2.75, 3.05) is 0 Å². The molecule has 0 heterocycles. The summed E-state index contributed by atoms with van der Waals surface area (Å²) in [5.74, 6) is 0.270. The molecule has 0 saturated carbocycles. The van der Waals surface area contributed by atoms with Crippen LogP contribution in [0, 0.1) is 0 Å². The average Bonchev–Trinajstić information content (AvgIpc) is 2.27. The summed E-state index contributed by atoms with van der Waals surface area (Å²) in [6.45, 7) is 4.72. The summed E-state index contributed by atoms with van der Waals surface area (Å²) >= 11 is 0. The van der Waals surface area contributed by atoms with Gasteiger partial charge in [-0.05, 0) is 24.6 Å². The minimum atomic E-state index is -4.68. The second-order valence-electron chi connectivity index (χ2n) is 3.58. The zero-order valence-corrected chi connectivity index (χ0v) is 9.24. The Hall–Kier alpha value is -1.49. The van der Waals surface area contributed by atoms with E-state index in [1.807, 2.05) is 0 Å². The van der Waals surface area contributed by atoms with Crippen molar-refractivity contribution in [3.8, 4) is 5.75 Å². The lowest BCUT2D eigenvalue weighted by Crippen LogP contribution is -2.41. The van der Waals surface area contributed by atoms with Gasteiger partial charge in [-0.2, -0.15) is 13.2 Å². The number of halogens is 3. The van der Waals surface area contributed by atoms with Crippen LogP contribution in [0.25, 0.3) is 6.08 Å². The molecule has 0 bridgehead atoms. The van der Waals surface area contributed by atoms with Crippen LogP contribution in [0.1, 0.15) is 12.5 Å². The van der Waals surface area contributed by atoms with Gasteiger partial charge in [0.1, 0.15) is 11.9 Å². The van der Waals surface area contributed by atoms with Crippen molar-refractivity contribution in [2.24, 2.45) is 0 Å². The standard InChI is InChI=1S/C12H13F3O2/c1-3-9-4-6-10(7-5-9)17-8(2)11(16)12(13,14)15/h3-8,11,16H,1H2,2H3. The van der Waals surface area contributed by atoms with Gasteiger partial charge in [0, 0.05) is 0 Å². The smallest absolute Gasteiger partial charge is 0.418 e. The van der Waals surface area contributed by atoms with Crippen LogP contribution in [-0.2, 0) is 0 Å². The fraction of sp³-hybridized carbons (Fsp3) is 0.333. The van der Waals surface area contributed by atoms with E-state index < -0.39 is 18.4 Å². The van der Waals surface area contributed by atoms with Crippen LogP contribution in [0.3, 0.4) is 0 Å². The van der Waals surface area contributed by atoms with Crippen LogP contribution in [0.4, 0.5) is 13.2 Å². The van der Waals surface area contributed by atoms with Gasteiger partial charge in [-0.1, -0.05) is 24.8 Å². The fourth-order valence-corrected chi connectivity index (χ4v) is 1.23. The third kappa shape index (κ3) is 3.78. The van der Waals surface area contributed by atoms with Gasteiger partial charge in [0.2, 0.25) is 0 Å². The molecule has 17 heavy (non-hydrogen) atoms. The normalized spacial score (nSPS) is 15.1. The quantitative estimate of drug-likeness (QED) is 0.884. The van der Waals surface area contributed by atoms with Crippen LogP contribution in [-0.4, -0.2) is 23.5 Å². The summed E-state index contributed by atoms with van der Waals surface area (Å²) in [6.07, 6.45) is -6.93. The number of alkyl halides is 3. The van der Waals surface area contributed by atoms with Crippen molar-refractivity contribution in [3.05, 3.63) is 36.4 Å². The highest BCUT2D eigenvalue weighted by Crippen LogP contribution is 2.25. The molecule has 0 aromatic heterocycles. The second-order valence-corrected chi connectivity index (χ2v) is 3.58. The zero-order chi connectivity index (χ0) is 13.1. The molecule has 0 amide bonds. The van der Waals surface area contributed by atoms with Crippen LogP contribution in [0.5, 0.6) is 5.75 Å². The van der Waals surface area contributed by atoms with Crippen molar-refractivity contribution in [1.29, 1.82) is 0 Å². The molecule has 2 unspecified atom stereocenters. The summed E-state index contributed by atoms with van der Waals surface area (Å²) < 4.78 is 41.5. The molecule has 1 aromatic rings. The summed E-state index contributed by atoms with van der Waals surface area (Å²) in [5, 5.41) is 8.95. The zero-order valence-electron chi connectivity index (χ0n) is 9.24. The first-order valence-corrected chi connectivity index (χ1v) is 4.98. The van der Waals surface area contributed by atoms with E-state index in [1.165, 1.54) is 19.1 Å². The van der Waals surface area contributed by atoms with Gasteiger partial charge >= 0.3 is 6.18 Å². The third-order valence-corrected chi connectivity index (χ3v) is 2.22. The predicted molar refractivity (Wildman–Crippen MR) is 58.7 cm³/mol. The van der Waals surface area contributed by atoms with E-state index in [9.17, 15) is 13.2 Å². The summed E-state index contributed by atoms with van der Waals surface area (Å²) in [5.41, 5.74) is 0.835. The van der Waals surface area contributed by atoms with E-state index in [1.54, 1.807) is 18.2 Å². The molecule has 0 saturated heterocycles. The first-order chi connectivity index (χ1) is 7.84. The largest absolute Gasteiger partial charge is 0.488 e. The number of aliphatic hydroxyl groups is 1. The van der Waals surface area contributed by atoms with Crippen molar-refractivity contribution in [1.82, 2.24) is 0 Å². The molecule has 94 valence electrons. The van der Waals surface area contributed by atoms with E-state index in [-0.39, 0.29) is 5.75 Å². The molecule has 1 aromatic carbocycles. The maximum atomic E-state index is 12.2. The van der Waals surface area contributed by atoms with Crippen molar-refractivity contribution in [3.63, 3.8) is 0 Å². The number of aliphatic hydroxyl groups excluding tert-OH is 1. The van der Waals surface area contributed by atoms with Gasteiger partial charge in [0.05, 0.1) is 0 Å². The van der Waals surface area contributed by atoms with Crippen LogP contribution >= 0.6 is 0 Å². The first kappa shape index (κ1) is 13.6. The molecule has 0 aliphatic carbocycles. The van der Waals surface area contributed by atoms with Gasteiger partial charge in [0.15, 0.2) is 6.10 Å². The van der Waals surface area contributed by atoms with E-state index in [2.05, 4.69) is 6.58 Å². The van der Waals surface area contributed by atoms with Crippen molar-refractivity contribution >= 4 is 6.08 Å². The van der Waals surface area contributed by atoms with Crippen molar-refractivity contribution in [2.45, 2.75) is 25.3 Å². The molecule has 5 heteroatoms. The first-order valence-electron chi connectivity index (χ1n) is 4.98. The molecule has 0 fully saturated rings. The molecule has 0 spiro atoms. The van der Waals surface area contributed by atoms with Gasteiger partial charge in [0.25, 0.3) is 0 Å². The van der Waals surface area contributed by atoms with Crippen LogP contribution < -0.4 is 4.74 Å². The Morgan fingerprint density at radius 3 is 2.24 bits per heavy atom. The van der Waals surface area contributed by atoms with Gasteiger partial charge in [-0.15, -0.1) is 0 Å². The molecular weight excluding hydrogens is 233 g/mol. The Bertz CT molecular complexity index is 370. The molecular formula is C12H13F3O2. The number of hydrogen-bond donors (Lipinski definition) is 1. The predicted octanol–water partition coefficient (Wildman–Crippen LogP) is 3.02. The third-order valence-electron chi connectivity index (χ3n) is 2.22. The lowest BCUT2D eigenvalue weighted by Gasteiger charge is -2.22. The maximum absolute atomic E-state index is 12.2. The Morgan fingerprint density at radius 2 is 1.82 bits per heavy atom. The van der Waals surface area contributed by atoms with Gasteiger partial charge in [-0.25, -0.2) is 0 Å². The molecule has 1 N–H and O–H groups in total. The molecule has 0 radical (unpaired) electrons. The van der Waals surface area contributed by atoms with Gasteiger partial charge in [-0.3, -0.25) is 0 Å². The Morgan fingerprint density at radius 1 is 1.29 bits per heavy atom. The van der Waals surface area contributed by atoms with Crippen molar-refractivity contribution < 1.29 is 23.0 Å². The Balaban J connectivity index is 2.67. The Labute approximate surface area is 97.3 Å². The number of benzene rings is 1. The highest BCUT2D eigenvalue weighted by atomic mass is 19.4. The number of rotatable bonds is 4.